The van der Waals surface area contributed by atoms with Crippen LogP contribution in [0.25, 0.3) is 5.82 Å². The Bertz CT molecular complexity index is 859. The van der Waals surface area contributed by atoms with Crippen LogP contribution in [0.4, 0.5) is 14.6 Å². The van der Waals surface area contributed by atoms with Crippen molar-refractivity contribution in [3.05, 3.63) is 23.4 Å². The molecule has 0 bridgehead atoms. The molecule has 1 aliphatic carbocycles. The molecule has 1 N–H and O–H groups in total. The maximum Gasteiger partial charge on any atom is 0.282 e. The minimum atomic E-state index is -3.49. The van der Waals surface area contributed by atoms with Crippen molar-refractivity contribution in [2.24, 2.45) is 0 Å². The average Bonchev–Trinajstić information content (AvgIpc) is 3.16. The SMILES string of the molecule is Cc1c(C(F)F)nn(-c2ccc(S(C)(=O)=O)nn2)c1NC1CCCC1. The van der Waals surface area contributed by atoms with Gasteiger partial charge in [0.2, 0.25) is 0 Å². The van der Waals surface area contributed by atoms with Gasteiger partial charge in [-0.05, 0) is 31.9 Å². The third kappa shape index (κ3) is 3.63. The van der Waals surface area contributed by atoms with E-state index in [9.17, 15) is 17.2 Å². The van der Waals surface area contributed by atoms with E-state index < -0.39 is 16.3 Å². The van der Waals surface area contributed by atoms with E-state index in [0.29, 0.717) is 11.4 Å². The summed E-state index contributed by atoms with van der Waals surface area (Å²) in [6, 6.07) is 2.89. The molecule has 2 heterocycles. The molecule has 136 valence electrons. The minimum Gasteiger partial charge on any atom is -0.367 e. The first-order valence-corrected chi connectivity index (χ1v) is 9.85. The Morgan fingerprint density at radius 1 is 1.24 bits per heavy atom. The monoisotopic (exact) mass is 371 g/mol. The van der Waals surface area contributed by atoms with Crippen molar-refractivity contribution in [2.75, 3.05) is 11.6 Å². The standard InChI is InChI=1S/C15H19F2N5O2S/c1-9-13(14(16)17)21-22(15(9)18-10-5-3-4-6-10)11-7-8-12(20-19-11)25(2,23)24/h7-8,10,14,18H,3-6H2,1-2H3. The summed E-state index contributed by atoms with van der Waals surface area (Å²) in [6.07, 6.45) is 2.43. The highest BCUT2D eigenvalue weighted by Crippen LogP contribution is 2.31. The molecule has 0 amide bonds. The second-order valence-corrected chi connectivity index (χ2v) is 8.16. The number of hydrogen-bond acceptors (Lipinski definition) is 6. The maximum absolute atomic E-state index is 13.3. The molecular formula is C15H19F2N5O2S. The van der Waals surface area contributed by atoms with Gasteiger partial charge in [0.05, 0.1) is 0 Å². The molecule has 25 heavy (non-hydrogen) atoms. The molecule has 0 atom stereocenters. The van der Waals surface area contributed by atoms with Crippen LogP contribution in [0.3, 0.4) is 0 Å². The van der Waals surface area contributed by atoms with Gasteiger partial charge in [0, 0.05) is 17.9 Å². The van der Waals surface area contributed by atoms with E-state index >= 15 is 0 Å². The predicted molar refractivity (Wildman–Crippen MR) is 87.8 cm³/mol. The van der Waals surface area contributed by atoms with Crippen LogP contribution in [0, 0.1) is 6.92 Å². The summed E-state index contributed by atoms with van der Waals surface area (Å²) in [6.45, 7) is 1.58. The number of nitrogens with zero attached hydrogens (tertiary/aromatic N) is 4. The van der Waals surface area contributed by atoms with Crippen molar-refractivity contribution in [2.45, 2.75) is 50.1 Å². The topological polar surface area (TPSA) is 89.8 Å². The van der Waals surface area contributed by atoms with Crippen molar-refractivity contribution in [1.82, 2.24) is 20.0 Å². The molecule has 3 rings (SSSR count). The van der Waals surface area contributed by atoms with Crippen molar-refractivity contribution >= 4 is 15.7 Å². The molecule has 0 radical (unpaired) electrons. The van der Waals surface area contributed by atoms with Crippen LogP contribution in [0.1, 0.15) is 43.4 Å². The number of halogens is 2. The second kappa shape index (κ2) is 6.66. The molecule has 1 aliphatic rings. The average molecular weight is 371 g/mol. The highest BCUT2D eigenvalue weighted by atomic mass is 32.2. The highest BCUT2D eigenvalue weighted by molar-refractivity contribution is 7.90. The summed E-state index contributed by atoms with van der Waals surface area (Å²) in [7, 11) is -3.49. The minimum absolute atomic E-state index is 0.181. The van der Waals surface area contributed by atoms with E-state index in [0.717, 1.165) is 31.9 Å². The summed E-state index contributed by atoms with van der Waals surface area (Å²) in [5, 5.41) is 14.6. The summed E-state index contributed by atoms with van der Waals surface area (Å²) < 4.78 is 50.8. The lowest BCUT2D eigenvalue weighted by Gasteiger charge is -2.15. The number of aromatic nitrogens is 4. The van der Waals surface area contributed by atoms with Gasteiger partial charge in [-0.2, -0.15) is 9.78 Å². The molecule has 7 nitrogen and oxygen atoms in total. The summed E-state index contributed by atoms with van der Waals surface area (Å²) in [5.74, 6) is 0.631. The quantitative estimate of drug-likeness (QED) is 0.869. The fourth-order valence-corrected chi connectivity index (χ4v) is 3.45. The number of alkyl halides is 2. The smallest absolute Gasteiger partial charge is 0.282 e. The molecule has 0 spiro atoms. The van der Waals surface area contributed by atoms with Crippen LogP contribution in [-0.4, -0.2) is 40.7 Å². The van der Waals surface area contributed by atoms with Gasteiger partial charge in [-0.3, -0.25) is 0 Å². The number of sulfone groups is 1. The fourth-order valence-electron chi connectivity index (χ4n) is 2.94. The van der Waals surface area contributed by atoms with E-state index in [-0.39, 0.29) is 22.6 Å². The molecule has 0 unspecified atom stereocenters. The highest BCUT2D eigenvalue weighted by Gasteiger charge is 2.25. The number of rotatable bonds is 5. The van der Waals surface area contributed by atoms with Crippen LogP contribution < -0.4 is 5.32 Å². The Kier molecular flexibility index (Phi) is 4.72. The van der Waals surface area contributed by atoms with Crippen molar-refractivity contribution < 1.29 is 17.2 Å². The van der Waals surface area contributed by atoms with E-state index in [1.807, 2.05) is 0 Å². The van der Waals surface area contributed by atoms with E-state index in [1.165, 1.54) is 16.8 Å². The maximum atomic E-state index is 13.3. The first kappa shape index (κ1) is 17.7. The van der Waals surface area contributed by atoms with Gasteiger partial charge in [0.25, 0.3) is 6.43 Å². The van der Waals surface area contributed by atoms with Crippen molar-refractivity contribution in [3.63, 3.8) is 0 Å². The third-order valence-electron chi connectivity index (χ3n) is 4.28. The third-order valence-corrected chi connectivity index (χ3v) is 5.26. The lowest BCUT2D eigenvalue weighted by atomic mass is 10.2. The number of hydrogen-bond donors (Lipinski definition) is 1. The summed E-state index contributed by atoms with van der Waals surface area (Å²) in [5.41, 5.74) is 0.0328. The Balaban J connectivity index is 2.03. The Morgan fingerprint density at radius 3 is 2.44 bits per heavy atom. The summed E-state index contributed by atoms with van der Waals surface area (Å²) >= 11 is 0. The lowest BCUT2D eigenvalue weighted by Crippen LogP contribution is -2.18. The molecule has 10 heteroatoms. The van der Waals surface area contributed by atoms with Gasteiger partial charge in [-0.15, -0.1) is 10.2 Å². The Morgan fingerprint density at radius 2 is 1.92 bits per heavy atom. The van der Waals surface area contributed by atoms with Gasteiger partial charge in [-0.25, -0.2) is 17.2 Å². The molecule has 0 aliphatic heterocycles. The first-order valence-electron chi connectivity index (χ1n) is 7.95. The normalized spacial score (nSPS) is 15.9. The molecular weight excluding hydrogens is 352 g/mol. The van der Waals surface area contributed by atoms with Gasteiger partial charge in [-0.1, -0.05) is 12.8 Å². The lowest BCUT2D eigenvalue weighted by molar-refractivity contribution is 0.144. The molecule has 1 fully saturated rings. The number of nitrogens with one attached hydrogen (secondary N) is 1. The van der Waals surface area contributed by atoms with Crippen LogP contribution in [0.5, 0.6) is 0 Å². The number of anilines is 1. The Labute approximate surface area is 144 Å². The molecule has 0 saturated heterocycles. The van der Waals surface area contributed by atoms with Gasteiger partial charge < -0.3 is 5.32 Å². The van der Waals surface area contributed by atoms with Crippen molar-refractivity contribution in [3.8, 4) is 5.82 Å². The van der Waals surface area contributed by atoms with Crippen molar-refractivity contribution in [1.29, 1.82) is 0 Å². The fraction of sp³-hybridized carbons (Fsp3) is 0.533. The zero-order chi connectivity index (χ0) is 18.2. The molecule has 2 aromatic rings. The van der Waals surface area contributed by atoms with E-state index in [2.05, 4.69) is 20.6 Å². The van der Waals surface area contributed by atoms with Gasteiger partial charge >= 0.3 is 0 Å². The van der Waals surface area contributed by atoms with E-state index in [4.69, 9.17) is 0 Å². The second-order valence-electron chi connectivity index (χ2n) is 6.20. The van der Waals surface area contributed by atoms with Crippen LogP contribution in [-0.2, 0) is 9.84 Å². The largest absolute Gasteiger partial charge is 0.367 e. The predicted octanol–water partition coefficient (Wildman–Crippen LogP) is 2.67. The zero-order valence-corrected chi connectivity index (χ0v) is 14.7. The summed E-state index contributed by atoms with van der Waals surface area (Å²) in [4.78, 5) is 0. The van der Waals surface area contributed by atoms with Gasteiger partial charge in [0.15, 0.2) is 20.7 Å². The zero-order valence-electron chi connectivity index (χ0n) is 13.9. The van der Waals surface area contributed by atoms with Gasteiger partial charge in [0.1, 0.15) is 11.5 Å². The molecule has 2 aromatic heterocycles. The molecule has 0 aromatic carbocycles. The van der Waals surface area contributed by atoms with Crippen LogP contribution in [0.2, 0.25) is 0 Å². The van der Waals surface area contributed by atoms with E-state index in [1.54, 1.807) is 6.92 Å². The molecule has 1 saturated carbocycles. The Hall–Kier alpha value is -2.10. The first-order chi connectivity index (χ1) is 11.8. The van der Waals surface area contributed by atoms with Crippen LogP contribution in [0.15, 0.2) is 17.2 Å². The van der Waals surface area contributed by atoms with Crippen LogP contribution >= 0.6 is 0 Å².